The molecule has 152 valence electrons. The molecule has 0 spiro atoms. The van der Waals surface area contributed by atoms with Gasteiger partial charge in [-0.2, -0.15) is 0 Å². The van der Waals surface area contributed by atoms with Crippen LogP contribution in [-0.2, 0) is 0 Å². The van der Waals surface area contributed by atoms with E-state index < -0.39 is 0 Å². The maximum absolute atomic E-state index is 12.6. The number of unbranched alkanes of at least 4 members (excludes halogenated alkanes) is 4. The second-order valence-electron chi connectivity index (χ2n) is 6.41. The van der Waals surface area contributed by atoms with Gasteiger partial charge in [0.25, 0.3) is 5.91 Å². The van der Waals surface area contributed by atoms with Crippen LogP contribution < -0.4 is 14.8 Å². The summed E-state index contributed by atoms with van der Waals surface area (Å²) in [6.07, 6.45) is 5.70. The van der Waals surface area contributed by atoms with Gasteiger partial charge in [0, 0.05) is 5.56 Å². The second kappa shape index (κ2) is 11.8. The van der Waals surface area contributed by atoms with Gasteiger partial charge in [-0.15, -0.1) is 0 Å². The van der Waals surface area contributed by atoms with Crippen LogP contribution in [-0.4, -0.2) is 19.1 Å². The fraction of sp³-hybridized carbons (Fsp3) is 0.409. The first-order chi connectivity index (χ1) is 13.6. The van der Waals surface area contributed by atoms with E-state index in [0.717, 1.165) is 12.8 Å². The van der Waals surface area contributed by atoms with Gasteiger partial charge in [0.05, 0.1) is 28.9 Å². The Morgan fingerprint density at radius 1 is 0.964 bits per heavy atom. The molecule has 0 aliphatic carbocycles. The molecule has 0 bridgehead atoms. The molecule has 0 fully saturated rings. The number of carbonyl (C=O) groups is 1. The number of nitrogens with one attached hydrogen (secondary N) is 1. The van der Waals surface area contributed by atoms with Crippen LogP contribution in [0.15, 0.2) is 36.4 Å². The molecule has 6 heteroatoms. The van der Waals surface area contributed by atoms with Crippen LogP contribution in [0.5, 0.6) is 11.5 Å². The predicted octanol–water partition coefficient (Wildman–Crippen LogP) is 6.99. The Kier molecular flexibility index (Phi) is 9.45. The van der Waals surface area contributed by atoms with Crippen LogP contribution in [0.25, 0.3) is 0 Å². The molecule has 0 aromatic heterocycles. The summed E-state index contributed by atoms with van der Waals surface area (Å²) in [5.74, 6) is 0.714. The average molecular weight is 424 g/mol. The van der Waals surface area contributed by atoms with Gasteiger partial charge in [-0.3, -0.25) is 4.79 Å². The topological polar surface area (TPSA) is 47.6 Å². The van der Waals surface area contributed by atoms with E-state index in [1.807, 2.05) is 19.1 Å². The van der Waals surface area contributed by atoms with E-state index in [1.54, 1.807) is 24.3 Å². The zero-order valence-corrected chi connectivity index (χ0v) is 17.9. The van der Waals surface area contributed by atoms with E-state index in [4.69, 9.17) is 32.7 Å². The Hall–Kier alpha value is -1.91. The first-order valence-electron chi connectivity index (χ1n) is 9.71. The van der Waals surface area contributed by atoms with Crippen molar-refractivity contribution >= 4 is 34.8 Å². The smallest absolute Gasteiger partial charge is 0.255 e. The van der Waals surface area contributed by atoms with Crippen molar-refractivity contribution in [2.45, 2.75) is 46.0 Å². The van der Waals surface area contributed by atoms with Crippen molar-refractivity contribution in [3.05, 3.63) is 52.0 Å². The Morgan fingerprint density at radius 3 is 2.32 bits per heavy atom. The molecule has 0 saturated carbocycles. The summed E-state index contributed by atoms with van der Waals surface area (Å²) < 4.78 is 11.3. The third-order valence-electron chi connectivity index (χ3n) is 4.19. The molecule has 1 amide bonds. The molecule has 0 aliphatic rings. The lowest BCUT2D eigenvalue weighted by molar-refractivity contribution is 0.102. The Labute approximate surface area is 177 Å². The first-order valence-corrected chi connectivity index (χ1v) is 10.5. The quantitative estimate of drug-likeness (QED) is 0.395. The summed E-state index contributed by atoms with van der Waals surface area (Å²) in [6, 6.07) is 10.4. The monoisotopic (exact) mass is 423 g/mol. The molecule has 0 saturated heterocycles. The lowest BCUT2D eigenvalue weighted by atomic mass is 10.1. The molecule has 0 heterocycles. The van der Waals surface area contributed by atoms with Crippen molar-refractivity contribution in [2.75, 3.05) is 18.5 Å². The molecule has 2 rings (SSSR count). The zero-order chi connectivity index (χ0) is 20.4. The van der Waals surface area contributed by atoms with E-state index >= 15 is 0 Å². The van der Waals surface area contributed by atoms with Gasteiger partial charge in [0.2, 0.25) is 0 Å². The summed E-state index contributed by atoms with van der Waals surface area (Å²) in [5.41, 5.74) is 0.950. The van der Waals surface area contributed by atoms with Crippen LogP contribution in [0.1, 0.15) is 56.3 Å². The maximum atomic E-state index is 12.6. The maximum Gasteiger partial charge on any atom is 0.255 e. The van der Waals surface area contributed by atoms with Crippen LogP contribution >= 0.6 is 23.2 Å². The minimum Gasteiger partial charge on any atom is -0.492 e. The van der Waals surface area contributed by atoms with E-state index in [-0.39, 0.29) is 5.91 Å². The van der Waals surface area contributed by atoms with Crippen molar-refractivity contribution in [3.63, 3.8) is 0 Å². The second-order valence-corrected chi connectivity index (χ2v) is 7.23. The summed E-state index contributed by atoms with van der Waals surface area (Å²) in [4.78, 5) is 12.6. The number of para-hydroxylation sites is 2. The highest BCUT2D eigenvalue weighted by Gasteiger charge is 2.15. The molecular weight excluding hydrogens is 397 g/mol. The number of hydrogen-bond acceptors (Lipinski definition) is 3. The van der Waals surface area contributed by atoms with E-state index in [9.17, 15) is 4.79 Å². The summed E-state index contributed by atoms with van der Waals surface area (Å²) in [7, 11) is 0. The highest BCUT2D eigenvalue weighted by atomic mass is 35.5. The Balaban J connectivity index is 2.02. The minimum absolute atomic E-state index is 0.318. The van der Waals surface area contributed by atoms with Crippen LogP contribution in [0.4, 0.5) is 5.69 Å². The highest BCUT2D eigenvalue weighted by molar-refractivity contribution is 6.37. The molecule has 28 heavy (non-hydrogen) atoms. The molecule has 0 atom stereocenters. The Bertz CT molecular complexity index is 757. The molecule has 0 aliphatic heterocycles. The summed E-state index contributed by atoms with van der Waals surface area (Å²) >= 11 is 12.6. The van der Waals surface area contributed by atoms with Gasteiger partial charge in [-0.25, -0.2) is 0 Å². The van der Waals surface area contributed by atoms with Gasteiger partial charge in [0.15, 0.2) is 5.75 Å². The number of hydrogen-bond donors (Lipinski definition) is 1. The largest absolute Gasteiger partial charge is 0.492 e. The van der Waals surface area contributed by atoms with Gasteiger partial charge < -0.3 is 14.8 Å². The standard InChI is InChI=1S/C22H27Cl2NO3/c1-3-5-6-7-10-13-28-21-17(23)14-16(15-18(21)24)22(26)25-19-11-8-9-12-20(19)27-4-2/h8-9,11-12,14-15H,3-7,10,13H2,1-2H3,(H,25,26). The number of anilines is 1. The van der Waals surface area contributed by atoms with Gasteiger partial charge in [-0.05, 0) is 37.6 Å². The number of amides is 1. The highest BCUT2D eigenvalue weighted by Crippen LogP contribution is 2.35. The number of rotatable bonds is 11. The van der Waals surface area contributed by atoms with Crippen molar-refractivity contribution in [3.8, 4) is 11.5 Å². The first kappa shape index (κ1) is 22.4. The van der Waals surface area contributed by atoms with Gasteiger partial charge in [-0.1, -0.05) is 67.9 Å². The van der Waals surface area contributed by atoms with Crippen molar-refractivity contribution in [1.29, 1.82) is 0 Å². The van der Waals surface area contributed by atoms with E-state index in [0.29, 0.717) is 46.0 Å². The predicted molar refractivity (Wildman–Crippen MR) is 116 cm³/mol. The fourth-order valence-electron chi connectivity index (χ4n) is 2.75. The SMILES string of the molecule is CCCCCCCOc1c(Cl)cc(C(=O)Nc2ccccc2OCC)cc1Cl. The molecule has 2 aromatic rings. The van der Waals surface area contributed by atoms with E-state index in [1.165, 1.54) is 19.3 Å². The summed E-state index contributed by atoms with van der Waals surface area (Å²) in [5, 5.41) is 3.48. The van der Waals surface area contributed by atoms with Crippen LogP contribution in [0.3, 0.4) is 0 Å². The third-order valence-corrected chi connectivity index (χ3v) is 4.75. The molecule has 4 nitrogen and oxygen atoms in total. The van der Waals surface area contributed by atoms with Crippen molar-refractivity contribution in [2.24, 2.45) is 0 Å². The molecule has 0 radical (unpaired) electrons. The van der Waals surface area contributed by atoms with Crippen molar-refractivity contribution < 1.29 is 14.3 Å². The zero-order valence-electron chi connectivity index (χ0n) is 16.4. The molecule has 0 unspecified atom stereocenters. The van der Waals surface area contributed by atoms with Crippen LogP contribution in [0, 0.1) is 0 Å². The Morgan fingerprint density at radius 2 is 1.64 bits per heavy atom. The average Bonchev–Trinajstić information content (AvgIpc) is 2.67. The third kappa shape index (κ3) is 6.61. The number of halogens is 2. The van der Waals surface area contributed by atoms with E-state index in [2.05, 4.69) is 12.2 Å². The lowest BCUT2D eigenvalue weighted by Gasteiger charge is -2.13. The lowest BCUT2D eigenvalue weighted by Crippen LogP contribution is -2.13. The van der Waals surface area contributed by atoms with Crippen molar-refractivity contribution in [1.82, 2.24) is 0 Å². The molecule has 1 N–H and O–H groups in total. The van der Waals surface area contributed by atoms with Gasteiger partial charge >= 0.3 is 0 Å². The number of benzene rings is 2. The number of carbonyl (C=O) groups excluding carboxylic acids is 1. The normalized spacial score (nSPS) is 10.6. The molecular formula is C22H27Cl2NO3. The number of ether oxygens (including phenoxy) is 2. The molecule has 2 aromatic carbocycles. The minimum atomic E-state index is -0.318. The summed E-state index contributed by atoms with van der Waals surface area (Å²) in [6.45, 7) is 5.13. The van der Waals surface area contributed by atoms with Crippen LogP contribution in [0.2, 0.25) is 10.0 Å². The fourth-order valence-corrected chi connectivity index (χ4v) is 3.35. The van der Waals surface area contributed by atoms with Gasteiger partial charge in [0.1, 0.15) is 5.75 Å².